The number of nitrogens with zero attached hydrogens (tertiary/aromatic N) is 1. The summed E-state index contributed by atoms with van der Waals surface area (Å²) in [5, 5.41) is 9.91. The first-order chi connectivity index (χ1) is 8.68. The van der Waals surface area contributed by atoms with E-state index in [-0.39, 0.29) is 0 Å². The first-order valence-electron chi connectivity index (χ1n) is 5.54. The Labute approximate surface area is 110 Å². The summed E-state index contributed by atoms with van der Waals surface area (Å²) in [5.74, 6) is -1.46. The highest BCUT2D eigenvalue weighted by Crippen LogP contribution is 2.25. The second-order valence-corrected chi connectivity index (χ2v) is 4.37. The molecule has 0 bridgehead atoms. The fraction of sp³-hybridized carbons (Fsp3) is 0.143. The second kappa shape index (κ2) is 5.65. The molecule has 0 saturated heterocycles. The molecular weight excluding hydrogens is 250 g/mol. The van der Waals surface area contributed by atoms with E-state index >= 15 is 0 Å². The largest absolute Gasteiger partial charge is 0.481 e. The van der Waals surface area contributed by atoms with E-state index in [0.29, 0.717) is 11.4 Å². The number of carbonyl (C=O) groups is 1. The lowest BCUT2D eigenvalue weighted by Crippen LogP contribution is -2.14. The van der Waals surface area contributed by atoms with Crippen molar-refractivity contribution < 1.29 is 9.90 Å². The van der Waals surface area contributed by atoms with Gasteiger partial charge in [0.25, 0.3) is 0 Å². The van der Waals surface area contributed by atoms with Crippen molar-refractivity contribution in [1.82, 2.24) is 4.98 Å². The number of carboxylic acid groups (broad SMARTS) is 1. The molecule has 4 heteroatoms. The van der Waals surface area contributed by atoms with E-state index in [1.165, 1.54) is 0 Å². The van der Waals surface area contributed by atoms with Crippen LogP contribution in [0.3, 0.4) is 0 Å². The standard InChI is InChI=1S/C14H12ClNO2/c15-13-4-2-1-3-11(13)9-12(14(17)18)10-5-7-16-8-6-10/h1-8,12H,9H2,(H,17,18). The topological polar surface area (TPSA) is 50.2 Å². The maximum atomic E-state index is 11.4. The smallest absolute Gasteiger partial charge is 0.311 e. The molecule has 1 aromatic heterocycles. The van der Waals surface area contributed by atoms with Crippen LogP contribution in [0.2, 0.25) is 5.02 Å². The van der Waals surface area contributed by atoms with Gasteiger partial charge in [-0.15, -0.1) is 0 Å². The molecule has 3 nitrogen and oxygen atoms in total. The summed E-state index contributed by atoms with van der Waals surface area (Å²) in [6.45, 7) is 0. The molecule has 2 rings (SSSR count). The van der Waals surface area contributed by atoms with Gasteiger partial charge in [0.1, 0.15) is 0 Å². The first-order valence-corrected chi connectivity index (χ1v) is 5.92. The van der Waals surface area contributed by atoms with Gasteiger partial charge in [0.15, 0.2) is 0 Å². The van der Waals surface area contributed by atoms with Crippen LogP contribution in [0.5, 0.6) is 0 Å². The maximum absolute atomic E-state index is 11.4. The molecule has 1 unspecified atom stereocenters. The van der Waals surface area contributed by atoms with Gasteiger partial charge in [0.2, 0.25) is 0 Å². The molecule has 1 aromatic carbocycles. The van der Waals surface area contributed by atoms with Crippen molar-refractivity contribution in [2.24, 2.45) is 0 Å². The molecule has 0 aliphatic rings. The molecule has 0 radical (unpaired) electrons. The van der Waals surface area contributed by atoms with Gasteiger partial charge in [0.05, 0.1) is 5.92 Å². The zero-order valence-electron chi connectivity index (χ0n) is 9.58. The third kappa shape index (κ3) is 2.87. The van der Waals surface area contributed by atoms with Crippen molar-refractivity contribution in [2.75, 3.05) is 0 Å². The summed E-state index contributed by atoms with van der Waals surface area (Å²) >= 11 is 6.06. The van der Waals surface area contributed by atoms with Crippen molar-refractivity contribution in [1.29, 1.82) is 0 Å². The summed E-state index contributed by atoms with van der Waals surface area (Å²) in [4.78, 5) is 15.2. The predicted molar refractivity (Wildman–Crippen MR) is 69.8 cm³/mol. The molecular formula is C14H12ClNO2. The molecule has 18 heavy (non-hydrogen) atoms. The number of hydrogen-bond donors (Lipinski definition) is 1. The lowest BCUT2D eigenvalue weighted by molar-refractivity contribution is -0.138. The Balaban J connectivity index is 2.28. The van der Waals surface area contributed by atoms with E-state index in [4.69, 9.17) is 11.6 Å². The Morgan fingerprint density at radius 3 is 2.50 bits per heavy atom. The van der Waals surface area contributed by atoms with Crippen molar-refractivity contribution in [3.05, 3.63) is 64.9 Å². The lowest BCUT2D eigenvalue weighted by atomic mass is 9.93. The van der Waals surface area contributed by atoms with E-state index < -0.39 is 11.9 Å². The van der Waals surface area contributed by atoms with Gasteiger partial charge in [-0.05, 0) is 35.7 Å². The Kier molecular flexibility index (Phi) is 3.95. The molecule has 0 spiro atoms. The Morgan fingerprint density at radius 1 is 1.22 bits per heavy atom. The molecule has 0 aliphatic carbocycles. The fourth-order valence-corrected chi connectivity index (χ4v) is 2.04. The third-order valence-electron chi connectivity index (χ3n) is 2.79. The van der Waals surface area contributed by atoms with Crippen LogP contribution in [0.15, 0.2) is 48.8 Å². The van der Waals surface area contributed by atoms with Crippen LogP contribution in [0, 0.1) is 0 Å². The zero-order valence-corrected chi connectivity index (χ0v) is 10.3. The van der Waals surface area contributed by atoms with E-state index in [1.807, 2.05) is 18.2 Å². The zero-order chi connectivity index (χ0) is 13.0. The van der Waals surface area contributed by atoms with Gasteiger partial charge in [-0.3, -0.25) is 9.78 Å². The highest BCUT2D eigenvalue weighted by molar-refractivity contribution is 6.31. The molecule has 1 heterocycles. The normalized spacial score (nSPS) is 12.1. The van der Waals surface area contributed by atoms with Gasteiger partial charge < -0.3 is 5.11 Å². The number of benzene rings is 1. The minimum atomic E-state index is -0.860. The van der Waals surface area contributed by atoms with E-state index in [2.05, 4.69) is 4.98 Å². The highest BCUT2D eigenvalue weighted by Gasteiger charge is 2.21. The lowest BCUT2D eigenvalue weighted by Gasteiger charge is -2.13. The van der Waals surface area contributed by atoms with Crippen molar-refractivity contribution >= 4 is 17.6 Å². The number of rotatable bonds is 4. The van der Waals surface area contributed by atoms with Gasteiger partial charge in [-0.2, -0.15) is 0 Å². The first kappa shape index (κ1) is 12.6. The molecule has 0 fully saturated rings. The molecule has 2 aromatic rings. The van der Waals surface area contributed by atoms with Crippen molar-refractivity contribution in [3.63, 3.8) is 0 Å². The molecule has 0 amide bonds. The van der Waals surface area contributed by atoms with Crippen LogP contribution in [-0.2, 0) is 11.2 Å². The Bertz CT molecular complexity index is 543. The minimum absolute atomic E-state index is 0.374. The summed E-state index contributed by atoms with van der Waals surface area (Å²) < 4.78 is 0. The quantitative estimate of drug-likeness (QED) is 0.920. The monoisotopic (exact) mass is 261 g/mol. The van der Waals surface area contributed by atoms with Crippen LogP contribution in [-0.4, -0.2) is 16.1 Å². The van der Waals surface area contributed by atoms with Gasteiger partial charge >= 0.3 is 5.97 Å². The fourth-order valence-electron chi connectivity index (χ4n) is 1.83. The van der Waals surface area contributed by atoms with Crippen LogP contribution < -0.4 is 0 Å². The number of pyridine rings is 1. The van der Waals surface area contributed by atoms with Crippen molar-refractivity contribution in [3.8, 4) is 0 Å². The van der Waals surface area contributed by atoms with Crippen LogP contribution in [0.4, 0.5) is 0 Å². The number of hydrogen-bond acceptors (Lipinski definition) is 2. The summed E-state index contributed by atoms with van der Waals surface area (Å²) in [5.41, 5.74) is 1.57. The van der Waals surface area contributed by atoms with Crippen molar-refractivity contribution in [2.45, 2.75) is 12.3 Å². The molecule has 0 aliphatic heterocycles. The average Bonchev–Trinajstić information content (AvgIpc) is 2.38. The maximum Gasteiger partial charge on any atom is 0.311 e. The SMILES string of the molecule is O=C(O)C(Cc1ccccc1Cl)c1ccncc1. The summed E-state index contributed by atoms with van der Waals surface area (Å²) in [6.07, 6.45) is 3.56. The van der Waals surface area contributed by atoms with E-state index in [0.717, 1.165) is 11.1 Å². The van der Waals surface area contributed by atoms with Crippen LogP contribution >= 0.6 is 11.6 Å². The summed E-state index contributed by atoms with van der Waals surface area (Å²) in [6, 6.07) is 10.7. The van der Waals surface area contributed by atoms with E-state index in [9.17, 15) is 9.90 Å². The Morgan fingerprint density at radius 2 is 1.89 bits per heavy atom. The summed E-state index contributed by atoms with van der Waals surface area (Å²) in [7, 11) is 0. The van der Waals surface area contributed by atoms with Crippen LogP contribution in [0.1, 0.15) is 17.0 Å². The third-order valence-corrected chi connectivity index (χ3v) is 3.16. The van der Waals surface area contributed by atoms with E-state index in [1.54, 1.807) is 30.6 Å². The van der Waals surface area contributed by atoms with Gasteiger partial charge in [-0.25, -0.2) is 0 Å². The number of carboxylic acids is 1. The predicted octanol–water partition coefficient (Wildman–Crippen LogP) is 3.15. The molecule has 92 valence electrons. The van der Waals surface area contributed by atoms with Crippen LogP contribution in [0.25, 0.3) is 0 Å². The molecule has 1 N–H and O–H groups in total. The number of aliphatic carboxylic acids is 1. The second-order valence-electron chi connectivity index (χ2n) is 3.97. The number of aromatic nitrogens is 1. The highest BCUT2D eigenvalue weighted by atomic mass is 35.5. The molecule has 1 atom stereocenters. The minimum Gasteiger partial charge on any atom is -0.481 e. The Hall–Kier alpha value is -1.87. The molecule has 0 saturated carbocycles. The average molecular weight is 262 g/mol. The number of halogens is 1. The van der Waals surface area contributed by atoms with Gasteiger partial charge in [-0.1, -0.05) is 29.8 Å². The van der Waals surface area contributed by atoms with Gasteiger partial charge in [0, 0.05) is 17.4 Å².